The van der Waals surface area contributed by atoms with Crippen LogP contribution >= 0.6 is 0 Å². The average molecular weight is 343 g/mol. The molecule has 2 atom stereocenters. The number of hydrogen-bond donors (Lipinski definition) is 0. The lowest BCUT2D eigenvalue weighted by molar-refractivity contribution is -0.139. The summed E-state index contributed by atoms with van der Waals surface area (Å²) >= 11 is 0. The molecule has 0 spiro atoms. The van der Waals surface area contributed by atoms with Crippen molar-refractivity contribution < 1.29 is 23.9 Å². The highest BCUT2D eigenvalue weighted by molar-refractivity contribution is 6.13. The lowest BCUT2D eigenvalue weighted by atomic mass is 9.95. The van der Waals surface area contributed by atoms with Gasteiger partial charge in [0.2, 0.25) is 0 Å². The molecular weight excluding hydrogens is 322 g/mol. The van der Waals surface area contributed by atoms with Crippen molar-refractivity contribution >= 4 is 17.7 Å². The summed E-state index contributed by atoms with van der Waals surface area (Å²) in [5.74, 6) is -1.42. The van der Waals surface area contributed by atoms with Gasteiger partial charge in [0.1, 0.15) is 6.04 Å². The number of methoxy groups -OCH3 is 2. The first-order chi connectivity index (χ1) is 12.1. The Balaban J connectivity index is 2.12. The van der Waals surface area contributed by atoms with Crippen molar-refractivity contribution in [1.82, 2.24) is 4.90 Å². The first-order valence-electron chi connectivity index (χ1n) is 8.35. The van der Waals surface area contributed by atoms with E-state index in [1.807, 2.05) is 11.0 Å². The summed E-state index contributed by atoms with van der Waals surface area (Å²) < 4.78 is 9.80. The summed E-state index contributed by atoms with van der Waals surface area (Å²) in [6.45, 7) is 0.648. The number of fused-ring (bicyclic) bond motifs is 1. The van der Waals surface area contributed by atoms with Crippen LogP contribution in [0.5, 0.6) is 0 Å². The maximum atomic E-state index is 13.2. The molecule has 0 radical (unpaired) electrons. The van der Waals surface area contributed by atoms with Crippen LogP contribution in [0.15, 0.2) is 41.5 Å². The Bertz CT molecular complexity index is 725. The van der Waals surface area contributed by atoms with Crippen LogP contribution in [0.4, 0.5) is 0 Å². The van der Waals surface area contributed by atoms with Crippen LogP contribution in [0.1, 0.15) is 29.6 Å². The first-order valence-corrected chi connectivity index (χ1v) is 8.35. The van der Waals surface area contributed by atoms with E-state index in [-0.39, 0.29) is 23.0 Å². The molecule has 6 nitrogen and oxygen atoms in total. The minimum absolute atomic E-state index is 0.120. The molecule has 2 unspecified atom stereocenters. The van der Waals surface area contributed by atoms with E-state index in [2.05, 4.69) is 0 Å². The van der Waals surface area contributed by atoms with E-state index in [1.54, 1.807) is 24.3 Å². The fraction of sp³-hybridized carbons (Fsp3) is 0.421. The molecule has 1 saturated heterocycles. The maximum absolute atomic E-state index is 13.2. The van der Waals surface area contributed by atoms with E-state index in [4.69, 9.17) is 9.47 Å². The largest absolute Gasteiger partial charge is 0.466 e. The molecule has 0 amide bonds. The molecule has 1 fully saturated rings. The van der Waals surface area contributed by atoms with Crippen LogP contribution < -0.4 is 0 Å². The van der Waals surface area contributed by atoms with Crippen LogP contribution in [-0.4, -0.2) is 55.5 Å². The van der Waals surface area contributed by atoms with Crippen molar-refractivity contribution in [3.8, 4) is 0 Å². The molecule has 2 aliphatic heterocycles. The maximum Gasteiger partial charge on any atom is 0.336 e. The Kier molecular flexibility index (Phi) is 4.99. The first kappa shape index (κ1) is 17.4. The standard InChI is InChI=1S/C19H21NO5/c1-24-18(22)14-13-10-6-7-11-20(13)16(15(14)19(23)25-2)17(21)12-8-4-3-5-9-12/h3-5,8-9,13,16H,6-7,10-11H2,1-2H3. The van der Waals surface area contributed by atoms with Gasteiger partial charge in [0, 0.05) is 11.6 Å². The molecule has 0 aliphatic carbocycles. The van der Waals surface area contributed by atoms with Gasteiger partial charge < -0.3 is 9.47 Å². The fourth-order valence-corrected chi connectivity index (χ4v) is 3.80. The molecule has 132 valence electrons. The van der Waals surface area contributed by atoms with E-state index in [9.17, 15) is 14.4 Å². The van der Waals surface area contributed by atoms with Crippen molar-refractivity contribution in [3.05, 3.63) is 47.0 Å². The molecule has 0 N–H and O–H groups in total. The highest BCUT2D eigenvalue weighted by atomic mass is 16.5. The van der Waals surface area contributed by atoms with Gasteiger partial charge in [0.15, 0.2) is 5.78 Å². The van der Waals surface area contributed by atoms with Crippen LogP contribution in [0.25, 0.3) is 0 Å². The minimum atomic E-state index is -0.811. The van der Waals surface area contributed by atoms with E-state index in [1.165, 1.54) is 14.2 Å². The van der Waals surface area contributed by atoms with Gasteiger partial charge in [-0.2, -0.15) is 0 Å². The second-order valence-corrected chi connectivity index (χ2v) is 6.19. The third kappa shape index (κ3) is 2.98. The van der Waals surface area contributed by atoms with Crippen LogP contribution in [-0.2, 0) is 19.1 Å². The number of rotatable bonds is 4. The predicted molar refractivity (Wildman–Crippen MR) is 90.0 cm³/mol. The Morgan fingerprint density at radius 1 is 0.960 bits per heavy atom. The highest BCUT2D eigenvalue weighted by Gasteiger charge is 2.50. The third-order valence-corrected chi connectivity index (χ3v) is 4.89. The fourth-order valence-electron chi connectivity index (χ4n) is 3.80. The Hall–Kier alpha value is -2.47. The molecule has 3 rings (SSSR count). The number of benzene rings is 1. The number of carbonyl (C=O) groups is 3. The number of carbonyl (C=O) groups excluding carboxylic acids is 3. The quantitative estimate of drug-likeness (QED) is 0.613. The van der Waals surface area contributed by atoms with Crippen molar-refractivity contribution in [3.63, 3.8) is 0 Å². The van der Waals surface area contributed by atoms with E-state index in [0.717, 1.165) is 12.8 Å². The zero-order chi connectivity index (χ0) is 18.0. The molecule has 0 saturated carbocycles. The van der Waals surface area contributed by atoms with Crippen molar-refractivity contribution in [2.75, 3.05) is 20.8 Å². The zero-order valence-corrected chi connectivity index (χ0v) is 14.4. The van der Waals surface area contributed by atoms with Gasteiger partial charge in [-0.15, -0.1) is 0 Å². The average Bonchev–Trinajstić information content (AvgIpc) is 3.02. The lowest BCUT2D eigenvalue weighted by Gasteiger charge is -2.34. The molecule has 1 aromatic rings. The number of hydrogen-bond acceptors (Lipinski definition) is 6. The Labute approximate surface area is 146 Å². The molecule has 6 heteroatoms. The number of Topliss-reactive ketones (excluding diaryl/α,β-unsaturated/α-hetero) is 1. The summed E-state index contributed by atoms with van der Waals surface area (Å²) in [5.41, 5.74) is 0.891. The van der Waals surface area contributed by atoms with Crippen molar-refractivity contribution in [2.45, 2.75) is 31.3 Å². The van der Waals surface area contributed by atoms with Crippen LogP contribution in [0.2, 0.25) is 0 Å². The topological polar surface area (TPSA) is 72.9 Å². The Morgan fingerprint density at radius 3 is 2.24 bits per heavy atom. The second kappa shape index (κ2) is 7.19. The highest BCUT2D eigenvalue weighted by Crippen LogP contribution is 2.38. The summed E-state index contributed by atoms with van der Waals surface area (Å²) in [4.78, 5) is 39.9. The lowest BCUT2D eigenvalue weighted by Crippen LogP contribution is -2.47. The van der Waals surface area contributed by atoms with Gasteiger partial charge in [-0.05, 0) is 19.4 Å². The van der Waals surface area contributed by atoms with Gasteiger partial charge in [0.25, 0.3) is 0 Å². The molecule has 0 aromatic heterocycles. The van der Waals surface area contributed by atoms with Gasteiger partial charge in [-0.3, -0.25) is 9.69 Å². The number of nitrogens with zero attached hydrogens (tertiary/aromatic N) is 1. The summed E-state index contributed by atoms with van der Waals surface area (Å²) in [5, 5.41) is 0. The van der Waals surface area contributed by atoms with E-state index in [0.29, 0.717) is 18.5 Å². The number of piperidine rings is 1. The van der Waals surface area contributed by atoms with Gasteiger partial charge in [-0.25, -0.2) is 9.59 Å². The van der Waals surface area contributed by atoms with E-state index < -0.39 is 18.0 Å². The number of esters is 2. The smallest absolute Gasteiger partial charge is 0.336 e. The third-order valence-electron chi connectivity index (χ3n) is 4.89. The second-order valence-electron chi connectivity index (χ2n) is 6.19. The monoisotopic (exact) mass is 343 g/mol. The SMILES string of the molecule is COC(=O)C1=C(C(=O)OC)C(C(=O)c2ccccc2)N2CCCCC12. The van der Waals surface area contributed by atoms with Crippen molar-refractivity contribution in [2.24, 2.45) is 0 Å². The normalized spacial score (nSPS) is 23.1. The summed E-state index contributed by atoms with van der Waals surface area (Å²) in [6.07, 6.45) is 2.56. The summed E-state index contributed by atoms with van der Waals surface area (Å²) in [6, 6.07) is 7.71. The molecule has 2 heterocycles. The number of ether oxygens (including phenoxy) is 2. The molecule has 2 aliphatic rings. The van der Waals surface area contributed by atoms with Gasteiger partial charge >= 0.3 is 11.9 Å². The van der Waals surface area contributed by atoms with Crippen LogP contribution in [0.3, 0.4) is 0 Å². The number of ketones is 1. The van der Waals surface area contributed by atoms with Crippen molar-refractivity contribution in [1.29, 1.82) is 0 Å². The van der Waals surface area contributed by atoms with Gasteiger partial charge in [-0.1, -0.05) is 36.8 Å². The summed E-state index contributed by atoms with van der Waals surface area (Å²) in [7, 11) is 2.54. The molecular formula is C19H21NO5. The molecule has 25 heavy (non-hydrogen) atoms. The van der Waals surface area contributed by atoms with Crippen LogP contribution in [0, 0.1) is 0 Å². The zero-order valence-electron chi connectivity index (χ0n) is 14.4. The van der Waals surface area contributed by atoms with Gasteiger partial charge in [0.05, 0.1) is 25.4 Å². The minimum Gasteiger partial charge on any atom is -0.466 e. The molecule has 1 aromatic carbocycles. The molecule has 0 bridgehead atoms. The van der Waals surface area contributed by atoms with E-state index >= 15 is 0 Å². The predicted octanol–water partition coefficient (Wildman–Crippen LogP) is 1.75. The Morgan fingerprint density at radius 2 is 1.60 bits per heavy atom.